The molecule has 0 aliphatic rings. The minimum Gasteiger partial charge on any atom is -0.462 e. The number of carbonyl (C=O) groups excluding carboxylic acids is 3. The molecular formula is C14H15F3N6O4S2. The van der Waals surface area contributed by atoms with Crippen LogP contribution in [0.1, 0.15) is 38.3 Å². The van der Waals surface area contributed by atoms with Gasteiger partial charge in [-0.2, -0.15) is 13.2 Å². The van der Waals surface area contributed by atoms with Gasteiger partial charge in [0.15, 0.2) is 0 Å². The predicted molar refractivity (Wildman–Crippen MR) is 98.1 cm³/mol. The molecule has 0 bridgehead atoms. The molecule has 0 unspecified atom stereocenters. The van der Waals surface area contributed by atoms with Crippen molar-refractivity contribution in [1.82, 2.24) is 14.9 Å². The third kappa shape index (κ3) is 4.97. The van der Waals surface area contributed by atoms with E-state index in [1.807, 2.05) is 0 Å². The first-order valence-corrected chi connectivity index (χ1v) is 9.58. The Hall–Kier alpha value is -2.81. The molecule has 29 heavy (non-hydrogen) atoms. The van der Waals surface area contributed by atoms with Crippen LogP contribution < -0.4 is 16.9 Å². The second kappa shape index (κ2) is 8.69. The molecule has 2 rings (SSSR count). The molecule has 5 N–H and O–H groups in total. The molecule has 158 valence electrons. The topological polar surface area (TPSA) is 155 Å². The van der Waals surface area contributed by atoms with Crippen molar-refractivity contribution in [2.75, 3.05) is 23.5 Å². The number of thiophene rings is 1. The number of halogens is 3. The van der Waals surface area contributed by atoms with Crippen molar-refractivity contribution in [3.63, 3.8) is 0 Å². The molecule has 0 saturated carbocycles. The van der Waals surface area contributed by atoms with E-state index in [9.17, 15) is 27.6 Å². The number of nitrogens with two attached hydrogens (primary N) is 2. The van der Waals surface area contributed by atoms with E-state index in [1.54, 1.807) is 6.92 Å². The number of primary amides is 1. The maximum absolute atomic E-state index is 12.7. The highest BCUT2D eigenvalue weighted by Crippen LogP contribution is 2.34. The molecule has 0 spiro atoms. The van der Waals surface area contributed by atoms with Crippen molar-refractivity contribution in [2.45, 2.75) is 25.2 Å². The van der Waals surface area contributed by atoms with Gasteiger partial charge < -0.3 is 21.6 Å². The maximum atomic E-state index is 12.7. The molecule has 2 amide bonds. The number of aromatic nitrogens is 3. The molecule has 0 aliphatic heterocycles. The van der Waals surface area contributed by atoms with E-state index >= 15 is 0 Å². The average molecular weight is 452 g/mol. The third-order valence-electron chi connectivity index (χ3n) is 3.35. The zero-order valence-electron chi connectivity index (χ0n) is 15.0. The number of anilines is 1. The van der Waals surface area contributed by atoms with Gasteiger partial charge in [-0.05, 0) is 19.4 Å². The highest BCUT2D eigenvalue weighted by molar-refractivity contribution is 7.99. The molecular weight excluding hydrogens is 437 g/mol. The summed E-state index contributed by atoms with van der Waals surface area (Å²) in [7, 11) is 0. The standard InChI is InChI=1S/C14H15F3N6O4S2/c1-3-27-11(26)7-5(2)8(9(18)25)29-10(7)20-6(24)4-28-13-22-21-12(23(13)19)14(15,16)17/h3-4,19H2,1-2H3,(H2,18,25)(H,20,24). The monoisotopic (exact) mass is 452 g/mol. The minimum absolute atomic E-state index is 0.0228. The van der Waals surface area contributed by atoms with Gasteiger partial charge in [0.05, 0.1) is 22.8 Å². The quantitative estimate of drug-likeness (QED) is 0.323. The molecule has 2 aromatic heterocycles. The van der Waals surface area contributed by atoms with E-state index in [2.05, 4.69) is 15.5 Å². The van der Waals surface area contributed by atoms with Crippen molar-refractivity contribution < 1.29 is 32.3 Å². The SMILES string of the molecule is CCOC(=O)c1c(NC(=O)CSc2nnc(C(F)(F)F)n2N)sc(C(N)=O)c1C. The number of hydrogen-bond donors (Lipinski definition) is 3. The second-order valence-corrected chi connectivity index (χ2v) is 7.32. The van der Waals surface area contributed by atoms with Crippen LogP contribution in [-0.4, -0.2) is 45.0 Å². The van der Waals surface area contributed by atoms with E-state index in [0.717, 1.165) is 11.3 Å². The van der Waals surface area contributed by atoms with Crippen molar-refractivity contribution in [3.05, 3.63) is 21.8 Å². The maximum Gasteiger partial charge on any atom is 0.453 e. The normalized spacial score (nSPS) is 11.3. The Labute approximate surface area is 169 Å². The fraction of sp³-hybridized carbons (Fsp3) is 0.357. The number of esters is 1. The van der Waals surface area contributed by atoms with E-state index < -0.39 is 35.5 Å². The first-order valence-electron chi connectivity index (χ1n) is 7.78. The summed E-state index contributed by atoms with van der Waals surface area (Å²) in [4.78, 5) is 36.0. The number of rotatable bonds is 7. The van der Waals surface area contributed by atoms with Gasteiger partial charge in [0, 0.05) is 0 Å². The molecule has 15 heteroatoms. The number of alkyl halides is 3. The predicted octanol–water partition coefficient (Wildman–Crippen LogP) is 1.39. The van der Waals surface area contributed by atoms with Crippen molar-refractivity contribution in [2.24, 2.45) is 5.73 Å². The lowest BCUT2D eigenvalue weighted by Gasteiger charge is -2.07. The van der Waals surface area contributed by atoms with Gasteiger partial charge >= 0.3 is 12.1 Å². The lowest BCUT2D eigenvalue weighted by molar-refractivity contribution is -0.146. The lowest BCUT2D eigenvalue weighted by atomic mass is 10.1. The zero-order chi connectivity index (χ0) is 21.9. The van der Waals surface area contributed by atoms with Gasteiger partial charge in [0.1, 0.15) is 5.00 Å². The molecule has 0 fully saturated rings. The average Bonchev–Trinajstić information content (AvgIpc) is 3.13. The second-order valence-electron chi connectivity index (χ2n) is 5.36. The fourth-order valence-corrected chi connectivity index (χ4v) is 3.87. The van der Waals surface area contributed by atoms with E-state index in [1.165, 1.54) is 6.92 Å². The molecule has 0 radical (unpaired) electrons. The van der Waals surface area contributed by atoms with Crippen molar-refractivity contribution in [1.29, 1.82) is 0 Å². The molecule has 0 saturated heterocycles. The minimum atomic E-state index is -4.79. The Morgan fingerprint density at radius 3 is 2.48 bits per heavy atom. The Morgan fingerprint density at radius 2 is 1.97 bits per heavy atom. The van der Waals surface area contributed by atoms with Crippen LogP contribution in [0.15, 0.2) is 5.16 Å². The lowest BCUT2D eigenvalue weighted by Crippen LogP contribution is -2.22. The van der Waals surface area contributed by atoms with Gasteiger partial charge in [-0.3, -0.25) is 9.59 Å². The van der Waals surface area contributed by atoms with E-state index in [4.69, 9.17) is 16.3 Å². The Morgan fingerprint density at radius 1 is 1.31 bits per heavy atom. The summed E-state index contributed by atoms with van der Waals surface area (Å²) in [6, 6.07) is 0. The van der Waals surface area contributed by atoms with Gasteiger partial charge in [0.2, 0.25) is 11.1 Å². The van der Waals surface area contributed by atoms with Crippen LogP contribution in [0, 0.1) is 6.92 Å². The first kappa shape index (κ1) is 22.5. The highest BCUT2D eigenvalue weighted by atomic mass is 32.2. The van der Waals surface area contributed by atoms with Crippen LogP contribution in [0.3, 0.4) is 0 Å². The van der Waals surface area contributed by atoms with Crippen LogP contribution >= 0.6 is 23.1 Å². The van der Waals surface area contributed by atoms with Gasteiger partial charge in [0.25, 0.3) is 11.7 Å². The third-order valence-corrected chi connectivity index (χ3v) is 5.52. The summed E-state index contributed by atoms with van der Waals surface area (Å²) in [5.74, 6) is 1.26. The number of nitrogens with zero attached hydrogens (tertiary/aromatic N) is 3. The molecule has 0 atom stereocenters. The number of thioether (sulfide) groups is 1. The fourth-order valence-electron chi connectivity index (χ4n) is 2.15. The molecule has 0 aliphatic carbocycles. The Balaban J connectivity index is 2.17. The van der Waals surface area contributed by atoms with E-state index in [0.29, 0.717) is 11.8 Å². The van der Waals surface area contributed by atoms with Gasteiger partial charge in [-0.15, -0.1) is 21.5 Å². The van der Waals surface area contributed by atoms with Crippen LogP contribution in [0.4, 0.5) is 18.2 Å². The number of nitrogens with one attached hydrogen (secondary N) is 1. The largest absolute Gasteiger partial charge is 0.462 e. The number of nitrogen functional groups attached to an aromatic ring is 1. The number of ether oxygens (including phenoxy) is 1. The van der Waals surface area contributed by atoms with Crippen LogP contribution in [0.2, 0.25) is 0 Å². The Bertz CT molecular complexity index is 956. The molecule has 2 heterocycles. The van der Waals surface area contributed by atoms with Gasteiger partial charge in [-0.25, -0.2) is 9.47 Å². The highest BCUT2D eigenvalue weighted by Gasteiger charge is 2.38. The van der Waals surface area contributed by atoms with Crippen LogP contribution in [-0.2, 0) is 15.7 Å². The first-order chi connectivity index (χ1) is 13.5. The summed E-state index contributed by atoms with van der Waals surface area (Å²) in [5.41, 5.74) is 5.50. The molecule has 10 nitrogen and oxygen atoms in total. The Kier molecular flexibility index (Phi) is 6.73. The number of hydrogen-bond acceptors (Lipinski definition) is 9. The summed E-state index contributed by atoms with van der Waals surface area (Å²) in [6.07, 6.45) is -4.79. The molecule has 2 aromatic rings. The smallest absolute Gasteiger partial charge is 0.453 e. The number of amides is 2. The summed E-state index contributed by atoms with van der Waals surface area (Å²) < 4.78 is 43.1. The summed E-state index contributed by atoms with van der Waals surface area (Å²) in [5, 5.41) is 8.35. The summed E-state index contributed by atoms with van der Waals surface area (Å²) in [6.45, 7) is 3.13. The number of carbonyl (C=O) groups is 3. The van der Waals surface area contributed by atoms with Gasteiger partial charge in [-0.1, -0.05) is 11.8 Å². The van der Waals surface area contributed by atoms with E-state index in [-0.39, 0.29) is 37.4 Å². The molecule has 0 aromatic carbocycles. The van der Waals surface area contributed by atoms with Crippen molar-refractivity contribution >= 4 is 45.9 Å². The summed E-state index contributed by atoms with van der Waals surface area (Å²) >= 11 is 1.39. The van der Waals surface area contributed by atoms with Crippen LogP contribution in [0.25, 0.3) is 0 Å². The van der Waals surface area contributed by atoms with Crippen LogP contribution in [0.5, 0.6) is 0 Å². The van der Waals surface area contributed by atoms with Crippen molar-refractivity contribution in [3.8, 4) is 0 Å². The zero-order valence-corrected chi connectivity index (χ0v) is 16.6.